The summed E-state index contributed by atoms with van der Waals surface area (Å²) >= 11 is 0. The zero-order chi connectivity index (χ0) is 24.2. The van der Waals surface area contributed by atoms with Crippen molar-refractivity contribution in [3.63, 3.8) is 0 Å². The number of nitrogens with one attached hydrogen (secondary N) is 3. The number of H-pyrrole nitrogens is 2. The SMILES string of the molecule is C.c1cnc2c(c1)CCCC2N(CCCCNCc1c[nH]c2ccccc12)Cc1nc2ccccc2[nH]1. The molecular formula is C31H38N6. The molecule has 0 saturated heterocycles. The molecule has 3 N–H and O–H groups in total. The Morgan fingerprint density at radius 3 is 2.76 bits per heavy atom. The quantitative estimate of drug-likeness (QED) is 0.193. The number of benzene rings is 2. The molecule has 0 bridgehead atoms. The number of hydrogen-bond donors (Lipinski definition) is 3. The molecule has 0 radical (unpaired) electrons. The summed E-state index contributed by atoms with van der Waals surface area (Å²) in [5, 5.41) is 4.96. The normalized spacial score (nSPS) is 15.2. The molecule has 37 heavy (non-hydrogen) atoms. The van der Waals surface area contributed by atoms with E-state index in [2.05, 4.69) is 87.0 Å². The number of para-hydroxylation sites is 3. The maximum Gasteiger partial charge on any atom is 0.121 e. The zero-order valence-corrected chi connectivity index (χ0v) is 20.7. The molecule has 0 spiro atoms. The Morgan fingerprint density at radius 2 is 1.84 bits per heavy atom. The number of aromatic amines is 2. The number of hydrogen-bond acceptors (Lipinski definition) is 4. The summed E-state index contributed by atoms with van der Waals surface area (Å²) in [7, 11) is 0. The van der Waals surface area contributed by atoms with Crippen molar-refractivity contribution in [2.24, 2.45) is 0 Å². The van der Waals surface area contributed by atoms with Gasteiger partial charge < -0.3 is 15.3 Å². The summed E-state index contributed by atoms with van der Waals surface area (Å²) in [6.07, 6.45) is 9.86. The molecule has 1 unspecified atom stereocenters. The second-order valence-electron chi connectivity index (χ2n) is 9.87. The minimum Gasteiger partial charge on any atom is -0.361 e. The molecule has 3 aromatic heterocycles. The Kier molecular flexibility index (Phi) is 7.97. The highest BCUT2D eigenvalue weighted by molar-refractivity contribution is 5.83. The van der Waals surface area contributed by atoms with Crippen LogP contribution in [0.15, 0.2) is 73.1 Å². The first kappa shape index (κ1) is 25.2. The Balaban J connectivity index is 0.00000280. The Hall–Kier alpha value is -3.48. The fraction of sp³-hybridized carbons (Fsp3) is 0.355. The molecule has 0 aliphatic heterocycles. The van der Waals surface area contributed by atoms with Crippen LogP contribution >= 0.6 is 0 Å². The van der Waals surface area contributed by atoms with E-state index >= 15 is 0 Å². The molecule has 0 fully saturated rings. The van der Waals surface area contributed by atoms with E-state index in [1.165, 1.54) is 34.1 Å². The van der Waals surface area contributed by atoms with Gasteiger partial charge in [-0.25, -0.2) is 4.98 Å². The lowest BCUT2D eigenvalue weighted by Gasteiger charge is -2.34. The van der Waals surface area contributed by atoms with Crippen molar-refractivity contribution in [3.8, 4) is 0 Å². The van der Waals surface area contributed by atoms with Crippen LogP contribution in [0.4, 0.5) is 0 Å². The minimum atomic E-state index is 0. The summed E-state index contributed by atoms with van der Waals surface area (Å²) < 4.78 is 0. The molecule has 1 aliphatic carbocycles. The van der Waals surface area contributed by atoms with Crippen molar-refractivity contribution in [1.82, 2.24) is 30.2 Å². The molecule has 0 amide bonds. The Morgan fingerprint density at radius 1 is 0.973 bits per heavy atom. The lowest BCUT2D eigenvalue weighted by Crippen LogP contribution is -2.33. The molecule has 192 valence electrons. The van der Waals surface area contributed by atoms with Crippen molar-refractivity contribution >= 4 is 21.9 Å². The first-order chi connectivity index (χ1) is 17.8. The van der Waals surface area contributed by atoms with Gasteiger partial charge in [0.25, 0.3) is 0 Å². The highest BCUT2D eigenvalue weighted by atomic mass is 15.2. The van der Waals surface area contributed by atoms with Crippen LogP contribution in [0, 0.1) is 0 Å². The fourth-order valence-electron chi connectivity index (χ4n) is 5.62. The average Bonchev–Trinajstić information content (AvgIpc) is 3.53. The van der Waals surface area contributed by atoms with Crippen LogP contribution < -0.4 is 5.32 Å². The first-order valence-electron chi connectivity index (χ1n) is 13.2. The Labute approximate surface area is 219 Å². The van der Waals surface area contributed by atoms with Gasteiger partial charge in [-0.15, -0.1) is 0 Å². The average molecular weight is 495 g/mol. The standard InChI is InChI=1S/C30H34N6.CH4/c1-2-12-25-24(11-1)23(20-33-25)19-31-16-5-6-18-36(21-29-34-26-13-3-4-14-27(26)35-29)28-15-7-9-22-10-8-17-32-30(22)28;/h1-4,8,10-14,17,20,28,31,33H,5-7,9,15-16,18-19,21H2,(H,34,35);1H4. The van der Waals surface area contributed by atoms with Crippen LogP contribution in [0.2, 0.25) is 0 Å². The van der Waals surface area contributed by atoms with Gasteiger partial charge in [-0.05, 0) is 80.6 Å². The van der Waals surface area contributed by atoms with Crippen LogP contribution in [0.5, 0.6) is 0 Å². The van der Waals surface area contributed by atoms with E-state index in [1.807, 2.05) is 6.20 Å². The van der Waals surface area contributed by atoms with E-state index in [0.29, 0.717) is 6.04 Å². The van der Waals surface area contributed by atoms with Crippen LogP contribution in [-0.4, -0.2) is 37.9 Å². The number of aryl methyl sites for hydroxylation is 1. The number of fused-ring (bicyclic) bond motifs is 3. The molecule has 1 aliphatic rings. The van der Waals surface area contributed by atoms with E-state index in [1.54, 1.807) is 0 Å². The second kappa shape index (κ2) is 11.7. The van der Waals surface area contributed by atoms with E-state index in [9.17, 15) is 0 Å². The monoisotopic (exact) mass is 494 g/mol. The van der Waals surface area contributed by atoms with Crippen LogP contribution in [0.1, 0.15) is 61.8 Å². The van der Waals surface area contributed by atoms with Crippen LogP contribution in [0.3, 0.4) is 0 Å². The molecule has 6 nitrogen and oxygen atoms in total. The number of pyridine rings is 1. The third kappa shape index (κ3) is 5.60. The lowest BCUT2D eigenvalue weighted by atomic mass is 9.90. The van der Waals surface area contributed by atoms with Gasteiger partial charge in [0.15, 0.2) is 0 Å². The number of nitrogens with zero attached hydrogens (tertiary/aromatic N) is 3. The van der Waals surface area contributed by atoms with Crippen molar-refractivity contribution in [1.29, 1.82) is 0 Å². The van der Waals surface area contributed by atoms with Crippen molar-refractivity contribution in [2.45, 2.75) is 58.7 Å². The predicted molar refractivity (Wildman–Crippen MR) is 152 cm³/mol. The van der Waals surface area contributed by atoms with Gasteiger partial charge in [-0.2, -0.15) is 0 Å². The van der Waals surface area contributed by atoms with E-state index in [0.717, 1.165) is 68.7 Å². The highest BCUT2D eigenvalue weighted by Crippen LogP contribution is 2.34. The smallest absolute Gasteiger partial charge is 0.121 e. The van der Waals surface area contributed by atoms with Crippen molar-refractivity contribution in [2.75, 3.05) is 13.1 Å². The zero-order valence-electron chi connectivity index (χ0n) is 20.7. The summed E-state index contributed by atoms with van der Waals surface area (Å²) in [6, 6.07) is 21.5. The first-order valence-corrected chi connectivity index (χ1v) is 13.2. The van der Waals surface area contributed by atoms with E-state index in [4.69, 9.17) is 9.97 Å². The minimum absolute atomic E-state index is 0. The molecule has 2 aromatic carbocycles. The van der Waals surface area contributed by atoms with Gasteiger partial charge in [0.1, 0.15) is 5.82 Å². The summed E-state index contributed by atoms with van der Waals surface area (Å²) in [5.74, 6) is 1.04. The van der Waals surface area contributed by atoms with Gasteiger partial charge in [-0.1, -0.05) is 43.8 Å². The Bertz CT molecular complexity index is 1400. The van der Waals surface area contributed by atoms with Crippen molar-refractivity contribution < 1.29 is 0 Å². The topological polar surface area (TPSA) is 72.6 Å². The number of unbranched alkanes of at least 4 members (excludes halogenated alkanes) is 1. The molecule has 0 saturated carbocycles. The summed E-state index contributed by atoms with van der Waals surface area (Å²) in [5.41, 5.74) is 7.35. The van der Waals surface area contributed by atoms with Gasteiger partial charge >= 0.3 is 0 Å². The molecule has 6 heteroatoms. The molecule has 6 rings (SSSR count). The number of imidazole rings is 1. The van der Waals surface area contributed by atoms with E-state index in [-0.39, 0.29) is 7.43 Å². The van der Waals surface area contributed by atoms with E-state index < -0.39 is 0 Å². The van der Waals surface area contributed by atoms with Crippen LogP contribution in [-0.2, 0) is 19.5 Å². The third-order valence-corrected chi connectivity index (χ3v) is 7.44. The third-order valence-electron chi connectivity index (χ3n) is 7.44. The van der Waals surface area contributed by atoms with Gasteiger partial charge in [0, 0.05) is 29.8 Å². The second-order valence-corrected chi connectivity index (χ2v) is 9.87. The van der Waals surface area contributed by atoms with Crippen molar-refractivity contribution in [3.05, 3.63) is 95.7 Å². The van der Waals surface area contributed by atoms with Gasteiger partial charge in [0.05, 0.1) is 29.3 Å². The number of rotatable bonds is 10. The molecule has 3 heterocycles. The molecular weight excluding hydrogens is 456 g/mol. The lowest BCUT2D eigenvalue weighted by molar-refractivity contribution is 0.159. The maximum atomic E-state index is 4.88. The highest BCUT2D eigenvalue weighted by Gasteiger charge is 2.27. The summed E-state index contributed by atoms with van der Waals surface area (Å²) in [4.78, 5) is 19.2. The van der Waals surface area contributed by atoms with Gasteiger partial charge in [-0.3, -0.25) is 9.88 Å². The molecule has 1 atom stereocenters. The predicted octanol–water partition coefficient (Wildman–Crippen LogP) is 6.52. The maximum absolute atomic E-state index is 4.88. The largest absolute Gasteiger partial charge is 0.361 e. The number of aromatic nitrogens is 4. The molecule has 5 aromatic rings. The van der Waals surface area contributed by atoms with Gasteiger partial charge in [0.2, 0.25) is 0 Å². The van der Waals surface area contributed by atoms with Crippen LogP contribution in [0.25, 0.3) is 21.9 Å². The fourth-order valence-corrected chi connectivity index (χ4v) is 5.62. The summed E-state index contributed by atoms with van der Waals surface area (Å²) in [6.45, 7) is 3.76.